The fraction of sp³-hybridized carbons (Fsp3) is 0.355. The Kier molecular flexibility index (Phi) is 9.73. The number of fused-ring (bicyclic) bond motifs is 1. The Hall–Kier alpha value is -3.53. The van der Waals surface area contributed by atoms with Crippen LogP contribution in [0.2, 0.25) is 0 Å². The zero-order valence-corrected chi connectivity index (χ0v) is 24.2. The summed E-state index contributed by atoms with van der Waals surface area (Å²) in [6, 6.07) is 22.0. The number of aromatic amines is 1. The van der Waals surface area contributed by atoms with E-state index in [0.29, 0.717) is 24.8 Å². The highest BCUT2D eigenvalue weighted by molar-refractivity contribution is 7.89. The fourth-order valence-electron chi connectivity index (χ4n) is 4.92. The van der Waals surface area contributed by atoms with E-state index in [9.17, 15) is 18.5 Å². The molecule has 0 aliphatic carbocycles. The lowest BCUT2D eigenvalue weighted by Gasteiger charge is -2.21. The van der Waals surface area contributed by atoms with E-state index in [1.807, 2.05) is 54.7 Å². The number of aromatic nitrogens is 1. The Morgan fingerprint density at radius 2 is 1.48 bits per heavy atom. The molecule has 4 rings (SSSR count). The molecule has 40 heavy (non-hydrogen) atoms. The summed E-state index contributed by atoms with van der Waals surface area (Å²) in [6.07, 6.45) is 4.46. The fourth-order valence-corrected chi connectivity index (χ4v) is 5.95. The van der Waals surface area contributed by atoms with Crippen LogP contribution in [-0.2, 0) is 16.4 Å². The third-order valence-electron chi connectivity index (χ3n) is 7.68. The van der Waals surface area contributed by atoms with Gasteiger partial charge in [-0.1, -0.05) is 56.3 Å². The van der Waals surface area contributed by atoms with Crippen molar-refractivity contribution in [2.45, 2.75) is 49.8 Å². The first-order valence-corrected chi connectivity index (χ1v) is 15.2. The molecule has 0 radical (unpaired) electrons. The molecule has 2 N–H and O–H groups in total. The molecule has 2 atom stereocenters. The maximum Gasteiger partial charge on any atom is 0.269 e. The Balaban J connectivity index is 1.21. The Bertz CT molecular complexity index is 1520. The third-order valence-corrected chi connectivity index (χ3v) is 9.16. The summed E-state index contributed by atoms with van der Waals surface area (Å²) in [5.41, 5.74) is 4.48. The molecule has 0 aliphatic heterocycles. The van der Waals surface area contributed by atoms with Crippen molar-refractivity contribution in [3.8, 4) is 0 Å². The number of non-ortho nitro benzene ring substituents is 1. The zero-order chi connectivity index (χ0) is 28.7. The summed E-state index contributed by atoms with van der Waals surface area (Å²) < 4.78 is 28.4. The monoisotopic (exact) mass is 562 g/mol. The van der Waals surface area contributed by atoms with E-state index in [0.717, 1.165) is 53.5 Å². The van der Waals surface area contributed by atoms with Crippen molar-refractivity contribution in [3.63, 3.8) is 0 Å². The number of hydrogen-bond donors (Lipinski definition) is 2. The molecule has 0 amide bonds. The van der Waals surface area contributed by atoms with E-state index in [-0.39, 0.29) is 15.5 Å². The number of nitro groups is 1. The molecular formula is C31H38N4O4S. The number of benzene rings is 3. The zero-order valence-electron chi connectivity index (χ0n) is 23.3. The van der Waals surface area contributed by atoms with Gasteiger partial charge in [-0.3, -0.25) is 10.1 Å². The molecule has 3 aromatic carbocycles. The van der Waals surface area contributed by atoms with Gasteiger partial charge in [0.15, 0.2) is 0 Å². The van der Waals surface area contributed by atoms with E-state index in [1.165, 1.54) is 0 Å². The Morgan fingerprint density at radius 3 is 2.08 bits per heavy atom. The maximum absolute atomic E-state index is 12.8. The van der Waals surface area contributed by atoms with Crippen LogP contribution in [0.3, 0.4) is 0 Å². The van der Waals surface area contributed by atoms with Crippen LogP contribution in [0.15, 0.2) is 83.9 Å². The summed E-state index contributed by atoms with van der Waals surface area (Å²) in [6.45, 7) is 6.48. The van der Waals surface area contributed by atoms with Crippen molar-refractivity contribution in [1.29, 1.82) is 0 Å². The lowest BCUT2D eigenvalue weighted by Crippen LogP contribution is -2.26. The first-order chi connectivity index (χ1) is 19.1. The maximum atomic E-state index is 12.8. The number of hydrogen-bond acceptors (Lipinski definition) is 5. The molecule has 0 bridgehead atoms. The number of nitro benzene ring substituents is 1. The third kappa shape index (κ3) is 7.56. The van der Waals surface area contributed by atoms with Gasteiger partial charge in [-0.15, -0.1) is 0 Å². The number of para-hydroxylation sites is 1. The molecule has 8 nitrogen and oxygen atoms in total. The van der Waals surface area contributed by atoms with Crippen molar-refractivity contribution >= 4 is 26.6 Å². The van der Waals surface area contributed by atoms with Gasteiger partial charge >= 0.3 is 0 Å². The van der Waals surface area contributed by atoms with E-state index in [4.69, 9.17) is 0 Å². The van der Waals surface area contributed by atoms with Crippen LogP contribution in [-0.4, -0.2) is 49.9 Å². The van der Waals surface area contributed by atoms with Gasteiger partial charge in [0.25, 0.3) is 5.69 Å². The molecule has 0 fully saturated rings. The summed E-state index contributed by atoms with van der Waals surface area (Å²) in [4.78, 5) is 16.3. The lowest BCUT2D eigenvalue weighted by molar-refractivity contribution is -0.384. The molecule has 0 saturated heterocycles. The van der Waals surface area contributed by atoms with E-state index in [2.05, 4.69) is 35.5 Å². The quantitative estimate of drug-likeness (QED) is 0.140. The van der Waals surface area contributed by atoms with Crippen LogP contribution >= 0.6 is 0 Å². The molecule has 1 aromatic heterocycles. The molecule has 0 spiro atoms. The minimum Gasteiger partial charge on any atom is -0.361 e. The highest BCUT2D eigenvalue weighted by atomic mass is 32.2. The van der Waals surface area contributed by atoms with Crippen LogP contribution in [0, 0.1) is 10.1 Å². The molecule has 0 aliphatic rings. The molecule has 1 heterocycles. The normalized spacial score (nSPS) is 13.5. The number of nitrogens with zero attached hydrogens (tertiary/aromatic N) is 2. The minimum absolute atomic E-state index is 0.116. The van der Waals surface area contributed by atoms with Crippen LogP contribution in [0.4, 0.5) is 5.69 Å². The number of nitrogens with one attached hydrogen (secondary N) is 2. The molecule has 212 valence electrons. The van der Waals surface area contributed by atoms with Crippen molar-refractivity contribution in [2.24, 2.45) is 0 Å². The second-order valence-corrected chi connectivity index (χ2v) is 12.4. The molecule has 0 unspecified atom stereocenters. The Morgan fingerprint density at radius 1 is 0.900 bits per heavy atom. The van der Waals surface area contributed by atoms with Gasteiger partial charge in [0.05, 0.1) is 9.82 Å². The van der Waals surface area contributed by atoms with Crippen molar-refractivity contribution in [3.05, 3.63) is 106 Å². The molecular weight excluding hydrogens is 524 g/mol. The minimum atomic E-state index is -3.58. The van der Waals surface area contributed by atoms with Crippen molar-refractivity contribution in [1.82, 2.24) is 14.6 Å². The van der Waals surface area contributed by atoms with Gasteiger partial charge in [-0.2, -0.15) is 0 Å². The van der Waals surface area contributed by atoms with Crippen LogP contribution in [0.1, 0.15) is 55.2 Å². The smallest absolute Gasteiger partial charge is 0.269 e. The molecule has 0 saturated carbocycles. The first kappa shape index (κ1) is 29.5. The second kappa shape index (κ2) is 13.2. The van der Waals surface area contributed by atoms with Gasteiger partial charge in [-0.05, 0) is 86.1 Å². The van der Waals surface area contributed by atoms with E-state index >= 15 is 0 Å². The van der Waals surface area contributed by atoms with Gasteiger partial charge in [0.2, 0.25) is 10.0 Å². The van der Waals surface area contributed by atoms with Crippen LogP contribution < -0.4 is 4.72 Å². The number of H-pyrrole nitrogens is 1. The van der Waals surface area contributed by atoms with Crippen LogP contribution in [0.25, 0.3) is 10.9 Å². The highest BCUT2D eigenvalue weighted by Crippen LogP contribution is 2.24. The number of rotatable bonds is 14. The molecule has 4 aromatic rings. The highest BCUT2D eigenvalue weighted by Gasteiger charge is 2.16. The average Bonchev–Trinajstić information content (AvgIpc) is 3.37. The summed E-state index contributed by atoms with van der Waals surface area (Å²) >= 11 is 0. The number of sulfonamides is 1. The van der Waals surface area contributed by atoms with E-state index < -0.39 is 10.0 Å². The van der Waals surface area contributed by atoms with E-state index in [1.54, 1.807) is 24.3 Å². The summed E-state index contributed by atoms with van der Waals surface area (Å²) in [7, 11) is -1.48. The van der Waals surface area contributed by atoms with Gasteiger partial charge in [-0.25, -0.2) is 13.1 Å². The predicted molar refractivity (Wildman–Crippen MR) is 160 cm³/mol. The van der Waals surface area contributed by atoms with Crippen molar-refractivity contribution < 1.29 is 13.3 Å². The topological polar surface area (TPSA) is 108 Å². The summed E-state index contributed by atoms with van der Waals surface area (Å²) in [5, 5.41) is 12.0. The standard InChI is InChI=1S/C31H38N4O4S/c1-23(25-8-12-28(13-9-25)35(36)37)17-20-34(3)21-18-24(2)26-10-14-29(15-11-26)40(38,39)33-19-16-27-22-32-31-7-5-4-6-30(27)31/h4-15,22-24,32-33H,16-21H2,1-3H3/t23-,24+/m0/s1. The average molecular weight is 563 g/mol. The predicted octanol–water partition coefficient (Wildman–Crippen LogP) is 6.22. The lowest BCUT2D eigenvalue weighted by atomic mass is 9.96. The van der Waals surface area contributed by atoms with Gasteiger partial charge in [0.1, 0.15) is 0 Å². The SMILES string of the molecule is C[C@H](CCN(C)CC[C@H](C)c1ccc([N+](=O)[O-])cc1)c1ccc(S(=O)(=O)NCCc2c[nH]c3ccccc23)cc1. The first-order valence-electron chi connectivity index (χ1n) is 13.7. The van der Waals surface area contributed by atoms with Gasteiger partial charge < -0.3 is 9.88 Å². The van der Waals surface area contributed by atoms with Crippen molar-refractivity contribution in [2.75, 3.05) is 26.7 Å². The summed E-state index contributed by atoms with van der Waals surface area (Å²) in [5.74, 6) is 0.604. The van der Waals surface area contributed by atoms with Crippen LogP contribution in [0.5, 0.6) is 0 Å². The molecule has 9 heteroatoms. The Labute approximate surface area is 236 Å². The largest absolute Gasteiger partial charge is 0.361 e. The van der Waals surface area contributed by atoms with Gasteiger partial charge in [0, 0.05) is 35.8 Å². The second-order valence-electron chi connectivity index (χ2n) is 10.6.